The maximum atomic E-state index is 12.7. The lowest BCUT2D eigenvalue weighted by Gasteiger charge is -2.40. The van der Waals surface area contributed by atoms with E-state index in [4.69, 9.17) is 5.73 Å². The van der Waals surface area contributed by atoms with Crippen molar-refractivity contribution < 1.29 is 4.79 Å². The number of carbonyl (C=O) groups excluding carboxylic acids is 1. The van der Waals surface area contributed by atoms with Crippen molar-refractivity contribution in [2.75, 3.05) is 6.54 Å². The molecule has 2 aliphatic rings. The van der Waals surface area contributed by atoms with Gasteiger partial charge in [0.25, 0.3) is 0 Å². The molecule has 0 bridgehead atoms. The first-order valence-electron chi connectivity index (χ1n) is 7.67. The smallest absolute Gasteiger partial charge is 0.225 e. The summed E-state index contributed by atoms with van der Waals surface area (Å²) in [6.45, 7) is 5.40. The molecule has 18 heavy (non-hydrogen) atoms. The number of carbonyl (C=O) groups is 1. The van der Waals surface area contributed by atoms with Crippen molar-refractivity contribution in [2.24, 2.45) is 17.6 Å². The van der Waals surface area contributed by atoms with Crippen LogP contribution >= 0.6 is 0 Å². The number of nitrogens with two attached hydrogens (primary N) is 1. The van der Waals surface area contributed by atoms with Crippen LogP contribution in [0.1, 0.15) is 58.8 Å². The van der Waals surface area contributed by atoms with Gasteiger partial charge < -0.3 is 10.6 Å². The van der Waals surface area contributed by atoms with E-state index < -0.39 is 0 Å². The van der Waals surface area contributed by atoms with Crippen molar-refractivity contribution in [3.05, 3.63) is 0 Å². The summed E-state index contributed by atoms with van der Waals surface area (Å²) >= 11 is 0. The molecule has 2 N–H and O–H groups in total. The fourth-order valence-electron chi connectivity index (χ4n) is 3.81. The first kappa shape index (κ1) is 13.9. The highest BCUT2D eigenvalue weighted by Gasteiger charge is 2.34. The van der Waals surface area contributed by atoms with Gasteiger partial charge >= 0.3 is 0 Å². The first-order chi connectivity index (χ1) is 8.61. The average Bonchev–Trinajstić information content (AvgIpc) is 2.36. The maximum Gasteiger partial charge on any atom is 0.225 e. The number of likely N-dealkylation sites (tertiary alicyclic amines) is 1. The van der Waals surface area contributed by atoms with E-state index in [0.717, 1.165) is 32.2 Å². The van der Waals surface area contributed by atoms with Gasteiger partial charge in [-0.1, -0.05) is 13.8 Å². The zero-order chi connectivity index (χ0) is 13.1. The van der Waals surface area contributed by atoms with Crippen LogP contribution in [0.3, 0.4) is 0 Å². The fraction of sp³-hybridized carbons (Fsp3) is 0.933. The van der Waals surface area contributed by atoms with Crippen molar-refractivity contribution in [3.63, 3.8) is 0 Å². The van der Waals surface area contributed by atoms with E-state index in [2.05, 4.69) is 18.7 Å². The minimum atomic E-state index is 0.191. The van der Waals surface area contributed by atoms with Gasteiger partial charge in [0, 0.05) is 24.5 Å². The van der Waals surface area contributed by atoms with Gasteiger partial charge in [-0.3, -0.25) is 4.79 Å². The molecule has 1 heterocycles. The van der Waals surface area contributed by atoms with E-state index in [1.54, 1.807) is 0 Å². The molecule has 0 aromatic rings. The molecule has 0 spiro atoms. The van der Waals surface area contributed by atoms with Crippen LogP contribution in [-0.4, -0.2) is 29.4 Å². The summed E-state index contributed by atoms with van der Waals surface area (Å²) in [5, 5.41) is 0. The number of hydrogen-bond donors (Lipinski definition) is 1. The second-order valence-corrected chi connectivity index (χ2v) is 6.36. The number of hydrogen-bond acceptors (Lipinski definition) is 2. The molecule has 1 aliphatic carbocycles. The summed E-state index contributed by atoms with van der Waals surface area (Å²) < 4.78 is 0. The van der Waals surface area contributed by atoms with E-state index in [0.29, 0.717) is 17.9 Å². The van der Waals surface area contributed by atoms with Crippen LogP contribution in [-0.2, 0) is 4.79 Å². The third kappa shape index (κ3) is 3.05. The summed E-state index contributed by atoms with van der Waals surface area (Å²) in [6.07, 6.45) is 7.77. The molecule has 0 aromatic heterocycles. The lowest BCUT2D eigenvalue weighted by molar-refractivity contribution is -0.141. The Morgan fingerprint density at radius 3 is 2.72 bits per heavy atom. The van der Waals surface area contributed by atoms with Crippen molar-refractivity contribution in [2.45, 2.75) is 70.9 Å². The lowest BCUT2D eigenvalue weighted by Crippen LogP contribution is -2.48. The molecule has 1 amide bonds. The van der Waals surface area contributed by atoms with Crippen LogP contribution in [0.5, 0.6) is 0 Å². The quantitative estimate of drug-likeness (QED) is 0.821. The second-order valence-electron chi connectivity index (χ2n) is 6.36. The number of piperidine rings is 1. The Labute approximate surface area is 111 Å². The fourth-order valence-corrected chi connectivity index (χ4v) is 3.81. The highest BCUT2D eigenvalue weighted by atomic mass is 16.2. The molecule has 1 saturated carbocycles. The first-order valence-corrected chi connectivity index (χ1v) is 7.67. The monoisotopic (exact) mass is 252 g/mol. The van der Waals surface area contributed by atoms with E-state index in [9.17, 15) is 4.79 Å². The molecule has 3 heteroatoms. The maximum absolute atomic E-state index is 12.7. The summed E-state index contributed by atoms with van der Waals surface area (Å²) in [6, 6.07) is 0.715. The van der Waals surface area contributed by atoms with Gasteiger partial charge in [0.1, 0.15) is 0 Å². The van der Waals surface area contributed by atoms with Crippen LogP contribution in [0.4, 0.5) is 0 Å². The lowest BCUT2D eigenvalue weighted by atomic mass is 9.78. The van der Waals surface area contributed by atoms with Gasteiger partial charge in [0.05, 0.1) is 0 Å². The summed E-state index contributed by atoms with van der Waals surface area (Å²) in [7, 11) is 0. The van der Waals surface area contributed by atoms with Gasteiger partial charge in [0.15, 0.2) is 0 Å². The van der Waals surface area contributed by atoms with E-state index >= 15 is 0 Å². The molecule has 104 valence electrons. The summed E-state index contributed by atoms with van der Waals surface area (Å²) in [4.78, 5) is 14.8. The topological polar surface area (TPSA) is 46.3 Å². The van der Waals surface area contributed by atoms with Crippen LogP contribution in [0.15, 0.2) is 0 Å². The Kier molecular flexibility index (Phi) is 4.66. The molecule has 1 saturated heterocycles. The Morgan fingerprint density at radius 2 is 2.06 bits per heavy atom. The zero-order valence-corrected chi connectivity index (χ0v) is 11.9. The van der Waals surface area contributed by atoms with Gasteiger partial charge in [0.2, 0.25) is 5.91 Å². The van der Waals surface area contributed by atoms with Crippen LogP contribution < -0.4 is 5.73 Å². The molecule has 2 rings (SSSR count). The third-order valence-corrected chi connectivity index (χ3v) is 4.71. The molecule has 4 atom stereocenters. The molecule has 3 nitrogen and oxygen atoms in total. The van der Waals surface area contributed by atoms with Gasteiger partial charge in [-0.05, 0) is 50.9 Å². The summed E-state index contributed by atoms with van der Waals surface area (Å²) in [5.41, 5.74) is 6.08. The highest BCUT2D eigenvalue weighted by Crippen LogP contribution is 2.31. The van der Waals surface area contributed by atoms with Crippen molar-refractivity contribution >= 4 is 5.91 Å². The molecular weight excluding hydrogens is 224 g/mol. The van der Waals surface area contributed by atoms with Crippen LogP contribution in [0.2, 0.25) is 0 Å². The normalized spacial score (nSPS) is 37.6. The standard InChI is InChI=1S/C15H28N2O/c1-3-14-6-4-5-7-17(14)15(18)12-8-11(2)9-13(16)10-12/h11-14H,3-10,16H2,1-2H3. The van der Waals surface area contributed by atoms with Gasteiger partial charge in [-0.25, -0.2) is 0 Å². The second kappa shape index (κ2) is 6.05. The minimum absolute atomic E-state index is 0.191. The average molecular weight is 252 g/mol. The molecule has 1 aliphatic heterocycles. The zero-order valence-electron chi connectivity index (χ0n) is 11.9. The van der Waals surface area contributed by atoms with Crippen molar-refractivity contribution in [3.8, 4) is 0 Å². The van der Waals surface area contributed by atoms with Crippen molar-refractivity contribution in [1.82, 2.24) is 4.90 Å². The molecule has 4 unspecified atom stereocenters. The van der Waals surface area contributed by atoms with E-state index in [1.807, 2.05) is 0 Å². The predicted molar refractivity (Wildman–Crippen MR) is 74.1 cm³/mol. The van der Waals surface area contributed by atoms with E-state index in [-0.39, 0.29) is 12.0 Å². The molecular formula is C15H28N2O. The Bertz CT molecular complexity index is 282. The van der Waals surface area contributed by atoms with Gasteiger partial charge in [-0.15, -0.1) is 0 Å². The number of rotatable bonds is 2. The molecule has 0 aromatic carbocycles. The number of amides is 1. The van der Waals surface area contributed by atoms with Gasteiger partial charge in [-0.2, -0.15) is 0 Å². The molecule has 2 fully saturated rings. The Hall–Kier alpha value is -0.570. The highest BCUT2D eigenvalue weighted by molar-refractivity contribution is 5.79. The molecule has 0 radical (unpaired) electrons. The minimum Gasteiger partial charge on any atom is -0.339 e. The number of nitrogens with zero attached hydrogens (tertiary/aromatic N) is 1. The predicted octanol–water partition coefficient (Wildman–Crippen LogP) is 2.54. The largest absolute Gasteiger partial charge is 0.339 e. The van der Waals surface area contributed by atoms with Crippen molar-refractivity contribution in [1.29, 1.82) is 0 Å². The van der Waals surface area contributed by atoms with Crippen LogP contribution in [0.25, 0.3) is 0 Å². The van der Waals surface area contributed by atoms with Crippen LogP contribution in [0, 0.1) is 11.8 Å². The third-order valence-electron chi connectivity index (χ3n) is 4.71. The SMILES string of the molecule is CCC1CCCCN1C(=O)C1CC(C)CC(N)C1. The Morgan fingerprint density at radius 1 is 1.28 bits per heavy atom. The summed E-state index contributed by atoms with van der Waals surface area (Å²) in [5.74, 6) is 1.19. The van der Waals surface area contributed by atoms with E-state index in [1.165, 1.54) is 19.3 Å². The Balaban J connectivity index is 2.00.